The number of fused-ring (bicyclic) bond motifs is 5. The number of phenols is 3. The third kappa shape index (κ3) is 6.88. The molecule has 0 amide bonds. The minimum absolute atomic E-state index is 0.0438. The Balaban J connectivity index is 1.22. The zero-order valence-corrected chi connectivity index (χ0v) is 39.2. The van der Waals surface area contributed by atoms with Gasteiger partial charge in [-0.25, -0.2) is 9.59 Å². The van der Waals surface area contributed by atoms with Crippen molar-refractivity contribution in [1.82, 2.24) is 10.3 Å². The maximum atomic E-state index is 15.7. The van der Waals surface area contributed by atoms with Crippen molar-refractivity contribution >= 4 is 22.9 Å². The van der Waals surface area contributed by atoms with E-state index in [1.54, 1.807) is 24.4 Å². The number of phenolic OH excluding ortho intramolecular Hbond substituents is 3. The number of esters is 1. The number of nitrogens with two attached hydrogens (primary N) is 1. The van der Waals surface area contributed by atoms with Crippen LogP contribution in [-0.2, 0) is 36.6 Å². The molecule has 4 aromatic rings. The number of H-pyrrole nitrogens is 1. The highest BCUT2D eigenvalue weighted by molar-refractivity contribution is 5.90. The summed E-state index contributed by atoms with van der Waals surface area (Å²) in [6, 6.07) is 6.22. The van der Waals surface area contributed by atoms with Gasteiger partial charge in [0.1, 0.15) is 46.5 Å². The van der Waals surface area contributed by atoms with E-state index < -0.39 is 141 Å². The lowest BCUT2D eigenvalue weighted by molar-refractivity contribution is -0.405. The summed E-state index contributed by atoms with van der Waals surface area (Å²) in [6.45, 7) is -0.430. The first-order valence-corrected chi connectivity index (χ1v) is 23.8. The normalized spacial score (nSPS) is 33.9. The largest absolute Gasteiger partial charge is 0.507 e. The van der Waals surface area contributed by atoms with E-state index in [1.165, 1.54) is 18.3 Å². The van der Waals surface area contributed by atoms with Crippen LogP contribution in [0.5, 0.6) is 23.0 Å². The molecule has 8 aliphatic rings. The lowest BCUT2D eigenvalue weighted by Crippen LogP contribution is -2.84. The van der Waals surface area contributed by atoms with Crippen molar-refractivity contribution in [2.75, 3.05) is 6.61 Å². The lowest BCUT2D eigenvalue weighted by Gasteiger charge is -2.62. The fourth-order valence-corrected chi connectivity index (χ4v) is 11.8. The first-order chi connectivity index (χ1) is 35.6. The van der Waals surface area contributed by atoms with Crippen LogP contribution in [0.1, 0.15) is 60.4 Å². The van der Waals surface area contributed by atoms with Gasteiger partial charge in [-0.1, -0.05) is 42.8 Å². The Kier molecular flexibility index (Phi) is 11.4. The maximum Gasteiger partial charge on any atom is 0.354 e. The van der Waals surface area contributed by atoms with E-state index in [-0.39, 0.29) is 53.7 Å². The summed E-state index contributed by atoms with van der Waals surface area (Å²) in [7, 11) is 0. The Morgan fingerprint density at radius 3 is 2.41 bits per heavy atom. The molecule has 75 heavy (non-hydrogen) atoms. The fourth-order valence-electron chi connectivity index (χ4n) is 11.8. The smallest absolute Gasteiger partial charge is 0.354 e. The second-order valence-corrected chi connectivity index (χ2v) is 19.8. The van der Waals surface area contributed by atoms with E-state index >= 15 is 4.79 Å². The molecule has 0 radical (unpaired) electrons. The van der Waals surface area contributed by atoms with E-state index in [1.807, 2.05) is 0 Å². The lowest BCUT2D eigenvalue weighted by atomic mass is 9.56. The molecule has 23 nitrogen and oxygen atoms in total. The van der Waals surface area contributed by atoms with Gasteiger partial charge in [0.2, 0.25) is 17.7 Å². The average molecular weight is 1040 g/mol. The van der Waals surface area contributed by atoms with Gasteiger partial charge in [0, 0.05) is 77.0 Å². The van der Waals surface area contributed by atoms with Gasteiger partial charge in [-0.2, -0.15) is 0 Å². The fraction of sp³-hybridized carbons (Fsp3) is 0.404. The predicted molar refractivity (Wildman–Crippen MR) is 252 cm³/mol. The molecule has 4 bridgehead atoms. The molecule has 12 rings (SSSR count). The van der Waals surface area contributed by atoms with Gasteiger partial charge >= 0.3 is 11.9 Å². The maximum absolute atomic E-state index is 15.7. The molecule has 11 atom stereocenters. The molecule has 6 aliphatic heterocycles. The molecule has 2 aliphatic carbocycles. The predicted octanol–water partition coefficient (Wildman–Crippen LogP) is -1.21. The van der Waals surface area contributed by atoms with Crippen molar-refractivity contribution in [2.24, 2.45) is 11.1 Å². The molecule has 2 saturated heterocycles. The summed E-state index contributed by atoms with van der Waals surface area (Å²) in [5.74, 6) is -4.07. The highest BCUT2D eigenvalue weighted by Crippen LogP contribution is 2.62. The van der Waals surface area contributed by atoms with Crippen LogP contribution in [0.25, 0.3) is 22.3 Å². The Labute approximate surface area is 423 Å². The number of rotatable bonds is 5. The zero-order chi connectivity index (χ0) is 53.4. The summed E-state index contributed by atoms with van der Waals surface area (Å²) in [5.41, 5.74) is -6.24. The zero-order valence-electron chi connectivity index (χ0n) is 39.2. The van der Waals surface area contributed by atoms with Gasteiger partial charge in [0.25, 0.3) is 11.4 Å². The van der Waals surface area contributed by atoms with Crippen molar-refractivity contribution in [2.45, 2.75) is 116 Å². The highest BCUT2D eigenvalue weighted by atomic mass is 16.8. The number of allylic oxidation sites excluding steroid dienone is 3. The number of aromatic hydroxyl groups is 3. The van der Waals surface area contributed by atoms with E-state index in [9.17, 15) is 70.9 Å². The topological polar surface area (TPSA) is 398 Å². The van der Waals surface area contributed by atoms with Gasteiger partial charge in [-0.15, -0.1) is 0 Å². The van der Waals surface area contributed by atoms with E-state index in [2.05, 4.69) is 34.0 Å². The van der Waals surface area contributed by atoms with Gasteiger partial charge in [0.15, 0.2) is 28.6 Å². The van der Waals surface area contributed by atoms with Crippen molar-refractivity contribution in [3.8, 4) is 58.0 Å². The second kappa shape index (κ2) is 17.2. The van der Waals surface area contributed by atoms with Crippen LogP contribution in [0.2, 0.25) is 0 Å². The molecule has 3 spiro atoms. The Morgan fingerprint density at radius 1 is 0.947 bits per heavy atom. The number of aliphatic carboxylic acids is 1. The van der Waals surface area contributed by atoms with Crippen LogP contribution in [0.4, 0.5) is 0 Å². The monoisotopic (exact) mass is 1040 g/mol. The number of carboxylic acid groups (broad SMARTS) is 1. The molecular weight excluding hydrogens is 987 g/mol. The molecule has 1 unspecified atom stereocenters. The van der Waals surface area contributed by atoms with Gasteiger partial charge < -0.3 is 101 Å². The molecule has 3 fully saturated rings. The number of carbonyl (C=O) groups is 2. The van der Waals surface area contributed by atoms with Crippen LogP contribution < -0.4 is 21.2 Å². The quantitative estimate of drug-likeness (QED) is 0.0367. The summed E-state index contributed by atoms with van der Waals surface area (Å²) in [4.78, 5) is 46.2. The van der Waals surface area contributed by atoms with Crippen molar-refractivity contribution in [1.29, 1.82) is 0 Å². The minimum atomic E-state index is -3.90. The van der Waals surface area contributed by atoms with Crippen LogP contribution in [0.15, 0.2) is 81.3 Å². The highest BCUT2D eigenvalue weighted by Gasteiger charge is 2.80. The van der Waals surface area contributed by atoms with Crippen molar-refractivity contribution in [3.63, 3.8) is 0 Å². The van der Waals surface area contributed by atoms with Crippen LogP contribution in [0.3, 0.4) is 0 Å². The molecule has 392 valence electrons. The molecule has 23 heteroatoms. The van der Waals surface area contributed by atoms with Gasteiger partial charge in [-0.05, 0) is 55.0 Å². The molecule has 2 aromatic heterocycles. The number of hydrogen-bond acceptors (Lipinski definition) is 21. The number of aliphatic hydroxyl groups excluding tert-OH is 5. The van der Waals surface area contributed by atoms with E-state index in [0.717, 1.165) is 18.2 Å². The standard InChI is InChI=1S/C52H49N3O20/c53-35-5-4-25(22-55-35)28-18-27-19-29-23(7-14-54-29)6-13-47(9-1-2-10-47)51(68)43(64)42(63)50(27,75-49(51)12-3-11-48(45(65)66)52(69,70)41(62)40(61)44(74-48)72-46(49)67)73-34-21-33-37(39(60)36(28)34)30(57)20-32(71-33)26-16-24(8-15-56)38(59)31(58)17-26/h4-5,7,14,16-18,20-22,28,35,40-44,54-56,58-64,68-70H,1-2,8-10,12,15,19,53H2,(H,65,66)/t28-,35?,40+,41+,42+,43+,44-,48+,49+,50-,51+/m0/s1. The number of carboxylic acids is 1. The first kappa shape index (κ1) is 50.0. The Hall–Kier alpha value is -7.23. The first-order valence-electron chi connectivity index (χ1n) is 23.8. The molecule has 1 saturated carbocycles. The van der Waals surface area contributed by atoms with Gasteiger partial charge in [-0.3, -0.25) is 4.79 Å². The summed E-state index contributed by atoms with van der Waals surface area (Å²) < 4.78 is 31.4. The number of carbonyl (C=O) groups excluding carboxylic acids is 1. The summed E-state index contributed by atoms with van der Waals surface area (Å²) >= 11 is 0. The summed E-state index contributed by atoms with van der Waals surface area (Å²) in [6.07, 6.45) is -7.47. The molecule has 8 heterocycles. The van der Waals surface area contributed by atoms with Gasteiger partial charge in [0.05, 0.1) is 18.0 Å². The third-order valence-corrected chi connectivity index (χ3v) is 15.7. The second-order valence-electron chi connectivity index (χ2n) is 19.8. The molecular formula is C52H49N3O20. The molecule has 16 N–H and O–H groups in total. The SMILES string of the molecule is NC1C=CC([C@@H]2C=C3Cc4[nH]ccc4C#CC4(CCCC4)[C@]4(O)[C@H](O)[C@@H](O)[C@@]3(Oc3cc5oc(-c6cc(O)c(O)c(CCO)c6)cc(=O)c5c(O)c32)O[C@@]42CC#C[C@]3(C(=O)O)O[C@H](OC2=O)[C@H](O)[C@@H](O)C3(O)O)=CN1. The van der Waals surface area contributed by atoms with Crippen LogP contribution >= 0.6 is 0 Å². The number of aromatic amines is 1. The Bertz CT molecular complexity index is 3400. The summed E-state index contributed by atoms with van der Waals surface area (Å²) in [5, 5.41) is 141. The minimum Gasteiger partial charge on any atom is -0.507 e. The number of benzene rings is 2. The van der Waals surface area contributed by atoms with Crippen molar-refractivity contribution < 1.29 is 94.2 Å². The number of hydrogen-bond donors (Lipinski definition) is 15. The average Bonchev–Trinajstić information content (AvgIpc) is 4.10. The van der Waals surface area contributed by atoms with Crippen LogP contribution in [-0.4, -0.2) is 150 Å². The Morgan fingerprint density at radius 2 is 1.71 bits per heavy atom. The molecule has 2 aromatic carbocycles. The van der Waals surface area contributed by atoms with Crippen molar-refractivity contribution in [3.05, 3.63) is 105 Å². The van der Waals surface area contributed by atoms with E-state index in [0.29, 0.717) is 29.7 Å². The number of dihydropyridines is 1. The number of ether oxygens (including phenoxy) is 4. The van der Waals surface area contributed by atoms with Crippen LogP contribution in [0, 0.1) is 29.1 Å². The van der Waals surface area contributed by atoms with E-state index in [4.69, 9.17) is 29.1 Å². The number of aliphatic hydroxyl groups is 8. The number of nitrogens with one attached hydrogen (secondary N) is 2. The third-order valence-electron chi connectivity index (χ3n) is 15.7. The number of aromatic nitrogens is 1.